The van der Waals surface area contributed by atoms with Gasteiger partial charge in [-0.25, -0.2) is 0 Å². The summed E-state index contributed by atoms with van der Waals surface area (Å²) in [6, 6.07) is 3.99. The second kappa shape index (κ2) is 6.33. The van der Waals surface area contributed by atoms with Crippen molar-refractivity contribution in [3.05, 3.63) is 23.7 Å². The second-order valence-electron chi connectivity index (χ2n) is 4.19. The molecule has 92 valence electrons. The molecule has 0 aliphatic carbocycles. The van der Waals surface area contributed by atoms with E-state index in [1.54, 1.807) is 11.8 Å². The molecule has 0 bridgehead atoms. The molecule has 1 aromatic heterocycles. The molecule has 0 fully saturated rings. The van der Waals surface area contributed by atoms with Crippen LogP contribution in [0.2, 0.25) is 0 Å². The van der Waals surface area contributed by atoms with E-state index in [9.17, 15) is 0 Å². The van der Waals surface area contributed by atoms with Crippen molar-refractivity contribution >= 4 is 11.8 Å². The second-order valence-corrected chi connectivity index (χ2v) is 5.77. The summed E-state index contributed by atoms with van der Waals surface area (Å²) in [5.74, 6) is 1.85. The molecule has 1 rings (SSSR count). The molecule has 1 heterocycles. The van der Waals surface area contributed by atoms with Crippen molar-refractivity contribution in [1.29, 1.82) is 0 Å². The van der Waals surface area contributed by atoms with Gasteiger partial charge >= 0.3 is 0 Å². The van der Waals surface area contributed by atoms with Gasteiger partial charge in [-0.2, -0.15) is 0 Å². The van der Waals surface area contributed by atoms with E-state index in [1.165, 1.54) is 0 Å². The summed E-state index contributed by atoms with van der Waals surface area (Å²) in [6.07, 6.45) is 0.785. The number of aliphatic hydroxyl groups excluding tert-OH is 1. The lowest BCUT2D eigenvalue weighted by Gasteiger charge is -2.21. The first-order valence-corrected chi connectivity index (χ1v) is 6.57. The minimum absolute atomic E-state index is 0.0386. The van der Waals surface area contributed by atoms with Crippen molar-refractivity contribution in [2.45, 2.75) is 43.7 Å². The highest BCUT2D eigenvalue weighted by molar-refractivity contribution is 8.00. The number of thioether (sulfide) groups is 1. The molecule has 16 heavy (non-hydrogen) atoms. The lowest BCUT2D eigenvalue weighted by Crippen LogP contribution is -2.24. The van der Waals surface area contributed by atoms with Crippen molar-refractivity contribution in [1.82, 2.24) is 0 Å². The Morgan fingerprint density at radius 3 is 2.56 bits per heavy atom. The molecule has 3 nitrogen and oxygen atoms in total. The molecule has 0 radical (unpaired) electrons. The van der Waals surface area contributed by atoms with Crippen LogP contribution in [0.3, 0.4) is 0 Å². The van der Waals surface area contributed by atoms with Crippen LogP contribution in [0, 0.1) is 6.92 Å². The molecule has 0 saturated carbocycles. The van der Waals surface area contributed by atoms with Crippen LogP contribution in [-0.2, 0) is 0 Å². The van der Waals surface area contributed by atoms with Gasteiger partial charge < -0.3 is 15.3 Å². The van der Waals surface area contributed by atoms with Crippen LogP contribution in [0.15, 0.2) is 16.5 Å². The zero-order valence-corrected chi connectivity index (χ0v) is 11.0. The van der Waals surface area contributed by atoms with Gasteiger partial charge in [0.15, 0.2) is 0 Å². The average molecular weight is 243 g/mol. The van der Waals surface area contributed by atoms with Crippen molar-refractivity contribution < 1.29 is 9.52 Å². The highest BCUT2D eigenvalue weighted by Gasteiger charge is 2.22. The molecular formula is C12H21NO2S. The number of aryl methyl sites for hydroxylation is 1. The van der Waals surface area contributed by atoms with Crippen molar-refractivity contribution in [2.24, 2.45) is 5.73 Å². The van der Waals surface area contributed by atoms with E-state index < -0.39 is 0 Å². The molecule has 1 aromatic rings. The van der Waals surface area contributed by atoms with Crippen LogP contribution in [0.25, 0.3) is 0 Å². The Hall–Kier alpha value is -0.450. The largest absolute Gasteiger partial charge is 0.465 e. The predicted molar refractivity (Wildman–Crippen MR) is 68.6 cm³/mol. The minimum Gasteiger partial charge on any atom is -0.465 e. The topological polar surface area (TPSA) is 59.4 Å². The maximum Gasteiger partial charge on any atom is 0.118 e. The third-order valence-electron chi connectivity index (χ3n) is 2.43. The Morgan fingerprint density at radius 2 is 2.12 bits per heavy atom. The van der Waals surface area contributed by atoms with Gasteiger partial charge in [-0.15, -0.1) is 11.8 Å². The minimum atomic E-state index is 0.0386. The Morgan fingerprint density at radius 1 is 1.44 bits per heavy atom. The lowest BCUT2D eigenvalue weighted by atomic mass is 10.2. The summed E-state index contributed by atoms with van der Waals surface area (Å²) in [5.41, 5.74) is 5.98. The first kappa shape index (κ1) is 13.6. The third kappa shape index (κ3) is 3.85. The molecule has 0 saturated heterocycles. The van der Waals surface area contributed by atoms with Gasteiger partial charge in [0.05, 0.1) is 5.25 Å². The Balaban J connectivity index is 2.68. The van der Waals surface area contributed by atoms with E-state index in [2.05, 4.69) is 6.92 Å². The standard InChI is InChI=1S/C12H21NO2S/c1-8-4-5-11(15-8)12(10(3)13)16-9(2)6-7-14/h4-5,9-10,12,14H,6-7,13H2,1-3H3. The Kier molecular flexibility index (Phi) is 5.38. The molecule has 3 N–H and O–H groups in total. The summed E-state index contributed by atoms with van der Waals surface area (Å²) < 4.78 is 5.62. The quantitative estimate of drug-likeness (QED) is 0.806. The maximum absolute atomic E-state index is 8.89. The summed E-state index contributed by atoms with van der Waals surface area (Å²) in [5, 5.41) is 9.44. The molecule has 3 unspecified atom stereocenters. The molecule has 3 atom stereocenters. The van der Waals surface area contributed by atoms with Crippen LogP contribution < -0.4 is 5.73 Å². The van der Waals surface area contributed by atoms with Crippen molar-refractivity contribution in [3.8, 4) is 0 Å². The molecule has 0 spiro atoms. The summed E-state index contributed by atoms with van der Waals surface area (Å²) in [6.45, 7) is 6.24. The van der Waals surface area contributed by atoms with Crippen LogP contribution in [0.5, 0.6) is 0 Å². The fraction of sp³-hybridized carbons (Fsp3) is 0.667. The van der Waals surface area contributed by atoms with Gasteiger partial charge in [0.25, 0.3) is 0 Å². The van der Waals surface area contributed by atoms with Gasteiger partial charge in [-0.3, -0.25) is 0 Å². The van der Waals surface area contributed by atoms with E-state index in [1.807, 2.05) is 26.0 Å². The van der Waals surface area contributed by atoms with E-state index in [0.717, 1.165) is 17.9 Å². The fourth-order valence-corrected chi connectivity index (χ4v) is 2.81. The van der Waals surface area contributed by atoms with E-state index in [4.69, 9.17) is 15.3 Å². The average Bonchev–Trinajstić information content (AvgIpc) is 2.61. The molecule has 0 aliphatic heterocycles. The number of hydrogen-bond acceptors (Lipinski definition) is 4. The van der Waals surface area contributed by atoms with Crippen molar-refractivity contribution in [2.75, 3.05) is 6.61 Å². The summed E-state index contributed by atoms with van der Waals surface area (Å²) in [7, 11) is 0. The van der Waals surface area contributed by atoms with Gasteiger partial charge in [-0.05, 0) is 32.4 Å². The van der Waals surface area contributed by atoms with Crippen molar-refractivity contribution in [3.63, 3.8) is 0 Å². The zero-order chi connectivity index (χ0) is 12.1. The van der Waals surface area contributed by atoms with Crippen LogP contribution in [-0.4, -0.2) is 23.0 Å². The highest BCUT2D eigenvalue weighted by atomic mass is 32.2. The monoisotopic (exact) mass is 243 g/mol. The van der Waals surface area contributed by atoms with E-state index in [0.29, 0.717) is 5.25 Å². The Bertz CT molecular complexity index is 312. The smallest absolute Gasteiger partial charge is 0.118 e. The van der Waals surface area contributed by atoms with Gasteiger partial charge in [0.2, 0.25) is 0 Å². The van der Waals surface area contributed by atoms with Gasteiger partial charge in [0.1, 0.15) is 11.5 Å². The highest BCUT2D eigenvalue weighted by Crippen LogP contribution is 2.36. The summed E-state index contributed by atoms with van der Waals surface area (Å²) >= 11 is 1.77. The van der Waals surface area contributed by atoms with Gasteiger partial charge in [0, 0.05) is 17.9 Å². The van der Waals surface area contributed by atoms with Crippen LogP contribution in [0.4, 0.5) is 0 Å². The van der Waals surface area contributed by atoms with Gasteiger partial charge in [-0.1, -0.05) is 6.92 Å². The predicted octanol–water partition coefficient (Wildman–Crippen LogP) is 2.48. The lowest BCUT2D eigenvalue weighted by molar-refractivity contribution is 0.288. The zero-order valence-electron chi connectivity index (χ0n) is 10.1. The molecule has 0 amide bonds. The fourth-order valence-electron chi connectivity index (χ4n) is 1.56. The van der Waals surface area contributed by atoms with Crippen LogP contribution >= 0.6 is 11.8 Å². The number of aliphatic hydroxyl groups is 1. The Labute approximate surface area is 101 Å². The number of nitrogens with two attached hydrogens (primary N) is 1. The van der Waals surface area contributed by atoms with Crippen LogP contribution in [0.1, 0.15) is 37.0 Å². The third-order valence-corrected chi connectivity index (χ3v) is 4.09. The molecule has 4 heteroatoms. The number of hydrogen-bond donors (Lipinski definition) is 2. The number of rotatable bonds is 6. The molecular weight excluding hydrogens is 222 g/mol. The normalized spacial score (nSPS) is 17.1. The van der Waals surface area contributed by atoms with E-state index >= 15 is 0 Å². The first-order chi connectivity index (χ1) is 7.54. The molecule has 0 aromatic carbocycles. The number of furan rings is 1. The maximum atomic E-state index is 8.89. The summed E-state index contributed by atoms with van der Waals surface area (Å²) in [4.78, 5) is 0. The molecule has 0 aliphatic rings. The van der Waals surface area contributed by atoms with E-state index in [-0.39, 0.29) is 17.9 Å². The SMILES string of the molecule is Cc1ccc(C(SC(C)CCO)C(C)N)o1. The first-order valence-electron chi connectivity index (χ1n) is 5.62.